The number of rotatable bonds is 7. The Morgan fingerprint density at radius 1 is 1.13 bits per heavy atom. The number of carbonyl (C=O) groups is 1. The highest BCUT2D eigenvalue weighted by atomic mass is 16.5. The van der Waals surface area contributed by atoms with E-state index in [1.54, 1.807) is 4.68 Å². The van der Waals surface area contributed by atoms with Gasteiger partial charge in [-0.25, -0.2) is 4.68 Å². The molecule has 3 heterocycles. The number of aromatic nitrogens is 4. The van der Waals surface area contributed by atoms with Gasteiger partial charge in [0.1, 0.15) is 6.54 Å². The van der Waals surface area contributed by atoms with Crippen molar-refractivity contribution < 1.29 is 9.53 Å². The van der Waals surface area contributed by atoms with Gasteiger partial charge in [-0.3, -0.25) is 9.69 Å². The monoisotopic (exact) mass is 412 g/mol. The van der Waals surface area contributed by atoms with Gasteiger partial charge < -0.3 is 9.64 Å². The predicted molar refractivity (Wildman–Crippen MR) is 112 cm³/mol. The summed E-state index contributed by atoms with van der Waals surface area (Å²) in [6.45, 7) is 7.31. The Kier molecular flexibility index (Phi) is 7.07. The Balaban J connectivity index is 1.28. The number of tetrazole rings is 1. The summed E-state index contributed by atoms with van der Waals surface area (Å²) in [7, 11) is 0. The van der Waals surface area contributed by atoms with Gasteiger partial charge in [0, 0.05) is 13.1 Å². The zero-order valence-corrected chi connectivity index (χ0v) is 17.8. The first-order valence-corrected chi connectivity index (χ1v) is 11.1. The van der Waals surface area contributed by atoms with Gasteiger partial charge in [0.15, 0.2) is 5.82 Å². The number of carbonyl (C=O) groups excluding carboxylic acids is 1. The summed E-state index contributed by atoms with van der Waals surface area (Å²) in [6, 6.07) is 10.2. The molecule has 162 valence electrons. The Bertz CT molecular complexity index is 803. The van der Waals surface area contributed by atoms with Crippen LogP contribution in [0.5, 0.6) is 0 Å². The maximum absolute atomic E-state index is 12.9. The van der Waals surface area contributed by atoms with Crippen molar-refractivity contribution in [3.05, 3.63) is 41.7 Å². The highest BCUT2D eigenvalue weighted by molar-refractivity contribution is 5.76. The molecule has 8 nitrogen and oxygen atoms in total. The average Bonchev–Trinajstić information content (AvgIpc) is 3.21. The molecule has 2 aromatic rings. The van der Waals surface area contributed by atoms with Crippen molar-refractivity contribution in [2.45, 2.75) is 58.4 Å². The first-order chi connectivity index (χ1) is 14.7. The summed E-state index contributed by atoms with van der Waals surface area (Å²) in [5, 5.41) is 12.1. The summed E-state index contributed by atoms with van der Waals surface area (Å²) in [5.74, 6) is 1.62. The van der Waals surface area contributed by atoms with Crippen LogP contribution in [0, 0.1) is 5.92 Å². The first-order valence-electron chi connectivity index (χ1n) is 11.1. The summed E-state index contributed by atoms with van der Waals surface area (Å²) < 4.78 is 7.73. The van der Waals surface area contributed by atoms with Crippen molar-refractivity contribution in [2.24, 2.45) is 5.92 Å². The van der Waals surface area contributed by atoms with Crippen LogP contribution >= 0.6 is 0 Å². The van der Waals surface area contributed by atoms with Gasteiger partial charge >= 0.3 is 0 Å². The second kappa shape index (κ2) is 10.1. The number of ether oxygens (including phenoxy) is 1. The van der Waals surface area contributed by atoms with Gasteiger partial charge in [-0.2, -0.15) is 0 Å². The largest absolute Gasteiger partial charge is 0.372 e. The molecule has 2 aliphatic heterocycles. The minimum atomic E-state index is 0.0591. The van der Waals surface area contributed by atoms with Crippen molar-refractivity contribution in [1.82, 2.24) is 30.0 Å². The zero-order valence-electron chi connectivity index (χ0n) is 17.8. The molecule has 2 aliphatic rings. The Morgan fingerprint density at radius 2 is 1.93 bits per heavy atom. The van der Waals surface area contributed by atoms with E-state index in [0.29, 0.717) is 19.7 Å². The maximum atomic E-state index is 12.9. The number of hydrogen-bond donors (Lipinski definition) is 0. The third-order valence-corrected chi connectivity index (χ3v) is 6.19. The molecule has 1 aromatic heterocycles. The lowest BCUT2D eigenvalue weighted by Crippen LogP contribution is -2.44. The molecule has 0 bridgehead atoms. The van der Waals surface area contributed by atoms with Gasteiger partial charge in [-0.15, -0.1) is 5.10 Å². The van der Waals surface area contributed by atoms with E-state index in [-0.39, 0.29) is 18.6 Å². The number of amides is 1. The molecule has 0 aliphatic carbocycles. The third-order valence-electron chi connectivity index (χ3n) is 6.19. The fourth-order valence-electron chi connectivity index (χ4n) is 4.20. The average molecular weight is 413 g/mol. The van der Waals surface area contributed by atoms with Crippen LogP contribution in [0.4, 0.5) is 0 Å². The highest BCUT2D eigenvalue weighted by Gasteiger charge is 2.26. The molecular formula is C22H32N6O2. The number of likely N-dealkylation sites (tertiary alicyclic amines) is 2. The quantitative estimate of drug-likeness (QED) is 0.693. The Morgan fingerprint density at radius 3 is 2.73 bits per heavy atom. The van der Waals surface area contributed by atoms with E-state index < -0.39 is 0 Å². The molecule has 0 spiro atoms. The van der Waals surface area contributed by atoms with E-state index in [2.05, 4.69) is 39.5 Å². The molecule has 8 heteroatoms. The SMILES string of the molecule is CC1CCN(Cc2nnnn2CC(=O)N2CCC[C@@H](OCc3ccccc3)C2)CC1. The molecule has 30 heavy (non-hydrogen) atoms. The van der Waals surface area contributed by atoms with Crippen molar-refractivity contribution >= 4 is 5.91 Å². The lowest BCUT2D eigenvalue weighted by Gasteiger charge is -2.33. The van der Waals surface area contributed by atoms with Crippen LogP contribution in [0.1, 0.15) is 44.0 Å². The van der Waals surface area contributed by atoms with E-state index in [1.165, 1.54) is 12.8 Å². The minimum absolute atomic E-state index is 0.0591. The van der Waals surface area contributed by atoms with Gasteiger partial charge in [-0.05, 0) is 60.7 Å². The molecule has 0 unspecified atom stereocenters. The van der Waals surface area contributed by atoms with E-state index >= 15 is 0 Å². The third kappa shape index (κ3) is 5.64. The Hall–Kier alpha value is -2.32. The standard InChI is InChI=1S/C22H32N6O2/c1-18-9-12-26(13-10-18)15-21-23-24-25-28(21)16-22(29)27-11-5-8-20(14-27)30-17-19-6-3-2-4-7-19/h2-4,6-7,18,20H,5,8-17H2,1H3/t20-/m1/s1. The van der Waals surface area contributed by atoms with Crippen LogP contribution in [-0.2, 0) is 29.2 Å². The molecular weight excluding hydrogens is 380 g/mol. The van der Waals surface area contributed by atoms with Crippen LogP contribution in [0.2, 0.25) is 0 Å². The van der Waals surface area contributed by atoms with E-state index in [1.807, 2.05) is 23.1 Å². The van der Waals surface area contributed by atoms with Crippen LogP contribution in [0.25, 0.3) is 0 Å². The summed E-state index contributed by atoms with van der Waals surface area (Å²) >= 11 is 0. The fourth-order valence-corrected chi connectivity index (χ4v) is 4.20. The number of hydrogen-bond acceptors (Lipinski definition) is 6. The second-order valence-corrected chi connectivity index (χ2v) is 8.61. The lowest BCUT2D eigenvalue weighted by atomic mass is 9.99. The molecule has 1 amide bonds. The van der Waals surface area contributed by atoms with Crippen molar-refractivity contribution in [3.63, 3.8) is 0 Å². The molecule has 2 fully saturated rings. The van der Waals surface area contributed by atoms with Gasteiger partial charge in [0.2, 0.25) is 5.91 Å². The first kappa shape index (κ1) is 20.9. The predicted octanol–water partition coefficient (Wildman–Crippen LogP) is 2.11. The van der Waals surface area contributed by atoms with E-state index in [0.717, 1.165) is 49.8 Å². The number of nitrogens with zero attached hydrogens (tertiary/aromatic N) is 6. The van der Waals surface area contributed by atoms with Crippen LogP contribution < -0.4 is 0 Å². The van der Waals surface area contributed by atoms with E-state index in [9.17, 15) is 4.79 Å². The summed E-state index contributed by atoms with van der Waals surface area (Å²) in [5.41, 5.74) is 1.16. The topological polar surface area (TPSA) is 76.4 Å². The maximum Gasteiger partial charge on any atom is 0.244 e. The van der Waals surface area contributed by atoms with Crippen molar-refractivity contribution in [2.75, 3.05) is 26.2 Å². The Labute approximate surface area is 178 Å². The smallest absolute Gasteiger partial charge is 0.244 e. The summed E-state index contributed by atoms with van der Waals surface area (Å²) in [6.07, 6.45) is 4.43. The fraction of sp³-hybridized carbons (Fsp3) is 0.636. The van der Waals surface area contributed by atoms with Crippen LogP contribution in [-0.4, -0.2) is 68.2 Å². The molecule has 2 saturated heterocycles. The highest BCUT2D eigenvalue weighted by Crippen LogP contribution is 2.18. The molecule has 0 saturated carbocycles. The second-order valence-electron chi connectivity index (χ2n) is 8.61. The van der Waals surface area contributed by atoms with Crippen molar-refractivity contribution in [1.29, 1.82) is 0 Å². The normalized spacial score (nSPS) is 21.1. The minimum Gasteiger partial charge on any atom is -0.372 e. The van der Waals surface area contributed by atoms with Crippen LogP contribution in [0.3, 0.4) is 0 Å². The van der Waals surface area contributed by atoms with Gasteiger partial charge in [0.05, 0.1) is 19.3 Å². The molecule has 0 radical (unpaired) electrons. The molecule has 1 atom stereocenters. The number of benzene rings is 1. The van der Waals surface area contributed by atoms with Gasteiger partial charge in [-0.1, -0.05) is 37.3 Å². The zero-order chi connectivity index (χ0) is 20.8. The number of piperidine rings is 2. The molecule has 4 rings (SSSR count). The lowest BCUT2D eigenvalue weighted by molar-refractivity contribution is -0.136. The van der Waals surface area contributed by atoms with E-state index in [4.69, 9.17) is 4.74 Å². The van der Waals surface area contributed by atoms with Gasteiger partial charge in [0.25, 0.3) is 0 Å². The van der Waals surface area contributed by atoms with Crippen molar-refractivity contribution in [3.8, 4) is 0 Å². The molecule has 1 aromatic carbocycles. The van der Waals surface area contributed by atoms with Crippen LogP contribution in [0.15, 0.2) is 30.3 Å². The molecule has 0 N–H and O–H groups in total. The summed E-state index contributed by atoms with van der Waals surface area (Å²) in [4.78, 5) is 17.2.